The third-order valence-electron chi connectivity index (χ3n) is 2.73. The molecule has 0 bridgehead atoms. The van der Waals surface area contributed by atoms with Crippen LogP contribution in [0.15, 0.2) is 54.6 Å². The zero-order valence-electron chi connectivity index (χ0n) is 11.7. The molecule has 2 aromatic carbocycles. The Morgan fingerprint density at radius 2 is 1.55 bits per heavy atom. The van der Waals surface area contributed by atoms with Gasteiger partial charge in [0, 0.05) is 0 Å². The van der Waals surface area contributed by atoms with Gasteiger partial charge in [-0.3, -0.25) is 0 Å². The molecule has 0 N–H and O–H groups in total. The first kappa shape index (κ1) is 16.3. The third-order valence-corrected chi connectivity index (χ3v) is 2.73. The fraction of sp³-hybridized carbons (Fsp3) is 0.294. The van der Waals surface area contributed by atoms with Crippen molar-refractivity contribution < 1.29 is 13.2 Å². The summed E-state index contributed by atoms with van der Waals surface area (Å²) in [7, 11) is 0. The van der Waals surface area contributed by atoms with Gasteiger partial charge in [-0.25, -0.2) is 0 Å². The van der Waals surface area contributed by atoms with Gasteiger partial charge in [0.05, 0.1) is 5.56 Å². The lowest BCUT2D eigenvalue weighted by atomic mass is 10.1. The van der Waals surface area contributed by atoms with Gasteiger partial charge >= 0.3 is 6.18 Å². The minimum Gasteiger partial charge on any atom is -0.166 e. The SMILES string of the molecule is CCCc1cccc(C(F)(F)F)c1.Cc1ccccc1. The van der Waals surface area contributed by atoms with Gasteiger partial charge in [0.25, 0.3) is 0 Å². The highest BCUT2D eigenvalue weighted by molar-refractivity contribution is 5.25. The maximum atomic E-state index is 12.2. The molecule has 108 valence electrons. The van der Waals surface area contributed by atoms with Gasteiger partial charge in [-0.2, -0.15) is 13.2 Å². The Hall–Kier alpha value is -1.77. The van der Waals surface area contributed by atoms with Crippen LogP contribution in [0.2, 0.25) is 0 Å². The second-order valence-corrected chi connectivity index (χ2v) is 4.60. The lowest BCUT2D eigenvalue weighted by molar-refractivity contribution is -0.137. The van der Waals surface area contributed by atoms with E-state index in [-0.39, 0.29) is 0 Å². The number of hydrogen-bond acceptors (Lipinski definition) is 0. The summed E-state index contributed by atoms with van der Waals surface area (Å²) in [5.41, 5.74) is 1.51. The Morgan fingerprint density at radius 1 is 0.900 bits per heavy atom. The first-order chi connectivity index (χ1) is 9.43. The number of benzene rings is 2. The van der Waals surface area contributed by atoms with Crippen molar-refractivity contribution in [3.8, 4) is 0 Å². The fourth-order valence-corrected chi connectivity index (χ4v) is 1.73. The molecule has 0 nitrogen and oxygen atoms in total. The van der Waals surface area contributed by atoms with Crippen LogP contribution in [0, 0.1) is 6.92 Å². The smallest absolute Gasteiger partial charge is 0.166 e. The number of hydrogen-bond donors (Lipinski definition) is 0. The zero-order valence-corrected chi connectivity index (χ0v) is 11.7. The molecular formula is C17H19F3. The third kappa shape index (κ3) is 5.91. The predicted octanol–water partition coefficient (Wildman–Crippen LogP) is 5.65. The van der Waals surface area contributed by atoms with Crippen molar-refractivity contribution in [3.63, 3.8) is 0 Å². The van der Waals surface area contributed by atoms with Crippen LogP contribution >= 0.6 is 0 Å². The van der Waals surface area contributed by atoms with Crippen molar-refractivity contribution in [3.05, 3.63) is 71.3 Å². The molecule has 0 aromatic heterocycles. The second-order valence-electron chi connectivity index (χ2n) is 4.60. The second kappa shape index (κ2) is 7.73. The topological polar surface area (TPSA) is 0 Å². The van der Waals surface area contributed by atoms with E-state index in [2.05, 4.69) is 19.1 Å². The van der Waals surface area contributed by atoms with Crippen LogP contribution in [0.5, 0.6) is 0 Å². The van der Waals surface area contributed by atoms with Crippen LogP contribution in [0.1, 0.15) is 30.0 Å². The van der Waals surface area contributed by atoms with E-state index in [9.17, 15) is 13.2 Å². The molecule has 0 atom stereocenters. The molecule has 0 radical (unpaired) electrons. The summed E-state index contributed by atoms with van der Waals surface area (Å²) < 4.78 is 36.6. The number of alkyl halides is 3. The quantitative estimate of drug-likeness (QED) is 0.666. The van der Waals surface area contributed by atoms with Crippen LogP contribution in [-0.2, 0) is 12.6 Å². The number of rotatable bonds is 2. The van der Waals surface area contributed by atoms with Gasteiger partial charge in [-0.1, -0.05) is 67.4 Å². The summed E-state index contributed by atoms with van der Waals surface area (Å²) in [6.07, 6.45) is -2.66. The van der Waals surface area contributed by atoms with Gasteiger partial charge in [0.1, 0.15) is 0 Å². The van der Waals surface area contributed by atoms with Crippen molar-refractivity contribution in [1.29, 1.82) is 0 Å². The Kier molecular flexibility index (Phi) is 6.29. The molecule has 2 rings (SSSR count). The average molecular weight is 280 g/mol. The molecule has 0 amide bonds. The molecule has 0 aliphatic heterocycles. The van der Waals surface area contributed by atoms with E-state index in [1.165, 1.54) is 17.7 Å². The van der Waals surface area contributed by atoms with E-state index < -0.39 is 11.7 Å². The van der Waals surface area contributed by atoms with E-state index in [1.807, 2.05) is 25.1 Å². The van der Waals surface area contributed by atoms with E-state index in [0.717, 1.165) is 18.1 Å². The molecule has 0 aliphatic rings. The molecule has 0 saturated heterocycles. The highest BCUT2D eigenvalue weighted by Crippen LogP contribution is 2.29. The van der Waals surface area contributed by atoms with Crippen molar-refractivity contribution in [1.82, 2.24) is 0 Å². The summed E-state index contributed by atoms with van der Waals surface area (Å²) in [5.74, 6) is 0. The molecule has 0 saturated carbocycles. The van der Waals surface area contributed by atoms with Gasteiger partial charge < -0.3 is 0 Å². The van der Waals surface area contributed by atoms with Crippen molar-refractivity contribution >= 4 is 0 Å². The van der Waals surface area contributed by atoms with Crippen LogP contribution < -0.4 is 0 Å². The Balaban J connectivity index is 0.000000240. The van der Waals surface area contributed by atoms with Crippen molar-refractivity contribution in [2.45, 2.75) is 32.9 Å². The number of aryl methyl sites for hydroxylation is 2. The molecule has 0 spiro atoms. The molecule has 0 heterocycles. The molecule has 0 fully saturated rings. The minimum absolute atomic E-state index is 0.557. The Bertz CT molecular complexity index is 501. The summed E-state index contributed by atoms with van der Waals surface area (Å²) in [4.78, 5) is 0. The van der Waals surface area contributed by atoms with Crippen LogP contribution in [0.25, 0.3) is 0 Å². The van der Waals surface area contributed by atoms with Crippen molar-refractivity contribution in [2.75, 3.05) is 0 Å². The standard InChI is InChI=1S/C10H11F3.C7H8/c1-2-4-8-5-3-6-9(7-8)10(11,12)13;1-7-5-3-2-4-6-7/h3,5-7H,2,4H2,1H3;2-6H,1H3. The van der Waals surface area contributed by atoms with Gasteiger partial charge in [-0.05, 0) is 25.0 Å². The Morgan fingerprint density at radius 3 is 2.00 bits per heavy atom. The maximum absolute atomic E-state index is 12.2. The molecule has 0 unspecified atom stereocenters. The number of halogens is 3. The minimum atomic E-state index is -4.22. The van der Waals surface area contributed by atoms with E-state index in [1.54, 1.807) is 6.07 Å². The molecule has 20 heavy (non-hydrogen) atoms. The highest BCUT2D eigenvalue weighted by atomic mass is 19.4. The summed E-state index contributed by atoms with van der Waals surface area (Å²) in [6.45, 7) is 4.03. The largest absolute Gasteiger partial charge is 0.416 e. The molecule has 0 aliphatic carbocycles. The average Bonchev–Trinajstić information content (AvgIpc) is 2.40. The van der Waals surface area contributed by atoms with Crippen LogP contribution in [0.4, 0.5) is 13.2 Å². The summed E-state index contributed by atoms with van der Waals surface area (Å²) in [5, 5.41) is 0. The maximum Gasteiger partial charge on any atom is 0.416 e. The van der Waals surface area contributed by atoms with E-state index >= 15 is 0 Å². The highest BCUT2D eigenvalue weighted by Gasteiger charge is 2.30. The zero-order chi connectivity index (χ0) is 15.0. The monoisotopic (exact) mass is 280 g/mol. The first-order valence-corrected chi connectivity index (χ1v) is 6.61. The lowest BCUT2D eigenvalue weighted by Crippen LogP contribution is -2.05. The summed E-state index contributed by atoms with van der Waals surface area (Å²) >= 11 is 0. The first-order valence-electron chi connectivity index (χ1n) is 6.61. The molecule has 3 heteroatoms. The van der Waals surface area contributed by atoms with Gasteiger partial charge in [0.2, 0.25) is 0 Å². The van der Waals surface area contributed by atoms with E-state index in [4.69, 9.17) is 0 Å². The lowest BCUT2D eigenvalue weighted by Gasteiger charge is -2.07. The fourth-order valence-electron chi connectivity index (χ4n) is 1.73. The summed E-state index contributed by atoms with van der Waals surface area (Å²) in [6, 6.07) is 15.7. The van der Waals surface area contributed by atoms with Crippen LogP contribution in [0.3, 0.4) is 0 Å². The Labute approximate surface area is 118 Å². The van der Waals surface area contributed by atoms with Crippen LogP contribution in [-0.4, -0.2) is 0 Å². The molecule has 2 aromatic rings. The van der Waals surface area contributed by atoms with E-state index in [0.29, 0.717) is 6.42 Å². The van der Waals surface area contributed by atoms with Crippen molar-refractivity contribution in [2.24, 2.45) is 0 Å². The molecular weight excluding hydrogens is 261 g/mol. The van der Waals surface area contributed by atoms with Gasteiger partial charge in [-0.15, -0.1) is 0 Å². The van der Waals surface area contributed by atoms with Gasteiger partial charge in [0.15, 0.2) is 0 Å². The predicted molar refractivity (Wildman–Crippen MR) is 76.6 cm³/mol. The normalized spacial score (nSPS) is 10.7.